The van der Waals surface area contributed by atoms with Gasteiger partial charge in [-0.25, -0.2) is 0 Å². The third-order valence-electron chi connectivity index (χ3n) is 3.12. The Morgan fingerprint density at radius 1 is 1.18 bits per heavy atom. The third-order valence-corrected chi connectivity index (χ3v) is 4.26. The van der Waals surface area contributed by atoms with Gasteiger partial charge in [0.05, 0.1) is 0 Å². The van der Waals surface area contributed by atoms with Crippen LogP contribution in [0.5, 0.6) is 0 Å². The van der Waals surface area contributed by atoms with Crippen LogP contribution in [0.4, 0.5) is 0 Å². The Balaban J connectivity index is 2.48. The van der Waals surface area contributed by atoms with Crippen LogP contribution >= 0.6 is 15.9 Å². The maximum Gasteiger partial charge on any atom is 0.0176 e. The van der Waals surface area contributed by atoms with Crippen molar-refractivity contribution >= 4 is 15.9 Å². The van der Waals surface area contributed by atoms with Crippen LogP contribution in [0.25, 0.3) is 0 Å². The topological polar surface area (TPSA) is 0 Å². The van der Waals surface area contributed by atoms with Gasteiger partial charge < -0.3 is 0 Å². The van der Waals surface area contributed by atoms with Crippen molar-refractivity contribution in [1.82, 2.24) is 0 Å². The van der Waals surface area contributed by atoms with Gasteiger partial charge in [-0.1, -0.05) is 55.5 Å². The average Bonchev–Trinajstić information content (AvgIpc) is 2.04. The zero-order chi connectivity index (χ0) is 8.27. The summed E-state index contributed by atoms with van der Waals surface area (Å²) in [4.78, 5) is 0.811. The molecule has 11 heavy (non-hydrogen) atoms. The molecule has 66 valence electrons. The van der Waals surface area contributed by atoms with Crippen molar-refractivity contribution < 1.29 is 0 Å². The lowest BCUT2D eigenvalue weighted by molar-refractivity contribution is 0.236. The minimum Gasteiger partial charge on any atom is -0.0888 e. The molecule has 1 saturated carbocycles. The molecule has 1 rings (SSSR count). The first-order valence-corrected chi connectivity index (χ1v) is 5.85. The lowest BCUT2D eigenvalue weighted by Crippen LogP contribution is -2.27. The SMILES string of the molecule is CCC1CCCC(Br)C1CC. The molecule has 0 aromatic heterocycles. The molecule has 1 aliphatic rings. The third kappa shape index (κ3) is 2.21. The number of alkyl halides is 1. The maximum absolute atomic E-state index is 3.80. The van der Waals surface area contributed by atoms with Gasteiger partial charge in [0.1, 0.15) is 0 Å². The lowest BCUT2D eigenvalue weighted by Gasteiger charge is -2.34. The highest BCUT2D eigenvalue weighted by Gasteiger charge is 2.28. The zero-order valence-corrected chi connectivity index (χ0v) is 9.23. The molecule has 1 heteroatoms. The van der Waals surface area contributed by atoms with Crippen molar-refractivity contribution in [2.45, 2.75) is 50.8 Å². The van der Waals surface area contributed by atoms with Gasteiger partial charge in [-0.15, -0.1) is 0 Å². The van der Waals surface area contributed by atoms with Crippen molar-refractivity contribution in [2.75, 3.05) is 0 Å². The second-order valence-corrected chi connectivity index (χ2v) is 4.86. The van der Waals surface area contributed by atoms with E-state index in [2.05, 4.69) is 29.8 Å². The minimum absolute atomic E-state index is 0.811. The number of rotatable bonds is 2. The monoisotopic (exact) mass is 218 g/mol. The van der Waals surface area contributed by atoms with Gasteiger partial charge >= 0.3 is 0 Å². The minimum atomic E-state index is 0.811. The molecule has 0 aromatic rings. The van der Waals surface area contributed by atoms with Gasteiger partial charge in [0.15, 0.2) is 0 Å². The summed E-state index contributed by atoms with van der Waals surface area (Å²) < 4.78 is 0. The fraction of sp³-hybridized carbons (Fsp3) is 1.00. The van der Waals surface area contributed by atoms with E-state index < -0.39 is 0 Å². The highest BCUT2D eigenvalue weighted by atomic mass is 79.9. The number of halogens is 1. The highest BCUT2D eigenvalue weighted by Crippen LogP contribution is 2.38. The first-order chi connectivity index (χ1) is 5.29. The molecule has 0 amide bonds. The van der Waals surface area contributed by atoms with Crippen molar-refractivity contribution in [3.8, 4) is 0 Å². The van der Waals surface area contributed by atoms with E-state index in [1.165, 1.54) is 32.1 Å². The van der Waals surface area contributed by atoms with Crippen LogP contribution < -0.4 is 0 Å². The van der Waals surface area contributed by atoms with Gasteiger partial charge in [-0.2, -0.15) is 0 Å². The van der Waals surface area contributed by atoms with Crippen molar-refractivity contribution in [3.05, 3.63) is 0 Å². The average molecular weight is 219 g/mol. The summed E-state index contributed by atoms with van der Waals surface area (Å²) >= 11 is 3.80. The van der Waals surface area contributed by atoms with Crippen LogP contribution in [0.15, 0.2) is 0 Å². The van der Waals surface area contributed by atoms with Crippen LogP contribution in [0, 0.1) is 11.8 Å². The normalized spacial score (nSPS) is 39.0. The molecular weight excluding hydrogens is 200 g/mol. The molecule has 0 bridgehead atoms. The summed E-state index contributed by atoms with van der Waals surface area (Å²) in [5.74, 6) is 1.95. The fourth-order valence-corrected chi connectivity index (χ4v) is 3.52. The summed E-state index contributed by atoms with van der Waals surface area (Å²) in [5, 5.41) is 0. The van der Waals surface area contributed by atoms with Crippen molar-refractivity contribution in [1.29, 1.82) is 0 Å². The molecule has 0 nitrogen and oxygen atoms in total. The van der Waals surface area contributed by atoms with Gasteiger partial charge in [0.25, 0.3) is 0 Å². The zero-order valence-electron chi connectivity index (χ0n) is 7.65. The van der Waals surface area contributed by atoms with Crippen molar-refractivity contribution in [2.24, 2.45) is 11.8 Å². The quantitative estimate of drug-likeness (QED) is 0.616. The molecule has 0 saturated heterocycles. The standard InChI is InChI=1S/C10H19Br/c1-3-8-6-5-7-10(11)9(8)4-2/h8-10H,3-7H2,1-2H3. The van der Waals surface area contributed by atoms with Gasteiger partial charge in [-0.05, 0) is 18.3 Å². The molecule has 0 heterocycles. The molecule has 0 radical (unpaired) electrons. The Morgan fingerprint density at radius 3 is 2.36 bits per heavy atom. The predicted octanol–water partition coefficient (Wildman–Crippen LogP) is 3.99. The molecule has 0 N–H and O–H groups in total. The lowest BCUT2D eigenvalue weighted by atomic mass is 9.76. The summed E-state index contributed by atoms with van der Waals surface area (Å²) in [5.41, 5.74) is 0. The summed E-state index contributed by atoms with van der Waals surface area (Å²) in [7, 11) is 0. The second-order valence-electron chi connectivity index (χ2n) is 3.69. The largest absolute Gasteiger partial charge is 0.0888 e. The summed E-state index contributed by atoms with van der Waals surface area (Å²) in [6.07, 6.45) is 7.03. The Hall–Kier alpha value is 0.480. The first kappa shape index (κ1) is 9.57. The fourth-order valence-electron chi connectivity index (χ4n) is 2.39. The Morgan fingerprint density at radius 2 is 1.91 bits per heavy atom. The van der Waals surface area contributed by atoms with Crippen LogP contribution in [-0.2, 0) is 0 Å². The molecule has 3 atom stereocenters. The predicted molar refractivity (Wildman–Crippen MR) is 54.1 cm³/mol. The van der Waals surface area contributed by atoms with Crippen LogP contribution in [0.3, 0.4) is 0 Å². The number of hydrogen-bond acceptors (Lipinski definition) is 0. The number of hydrogen-bond donors (Lipinski definition) is 0. The molecule has 0 spiro atoms. The van der Waals surface area contributed by atoms with E-state index >= 15 is 0 Å². The van der Waals surface area contributed by atoms with E-state index in [9.17, 15) is 0 Å². The smallest absolute Gasteiger partial charge is 0.0176 e. The molecular formula is C10H19Br. The van der Waals surface area contributed by atoms with Gasteiger partial charge in [-0.3, -0.25) is 0 Å². The second kappa shape index (κ2) is 4.49. The van der Waals surface area contributed by atoms with Crippen molar-refractivity contribution in [3.63, 3.8) is 0 Å². The summed E-state index contributed by atoms with van der Waals surface area (Å²) in [6.45, 7) is 4.66. The first-order valence-electron chi connectivity index (χ1n) is 4.93. The maximum atomic E-state index is 3.80. The van der Waals surface area contributed by atoms with Gasteiger partial charge in [0.2, 0.25) is 0 Å². The molecule has 0 aliphatic heterocycles. The Bertz CT molecular complexity index is 111. The van der Waals surface area contributed by atoms with E-state index in [-0.39, 0.29) is 0 Å². The molecule has 1 fully saturated rings. The van der Waals surface area contributed by atoms with E-state index in [4.69, 9.17) is 0 Å². The van der Waals surface area contributed by atoms with E-state index in [0.717, 1.165) is 16.7 Å². The van der Waals surface area contributed by atoms with Gasteiger partial charge in [0, 0.05) is 4.83 Å². The molecule has 3 unspecified atom stereocenters. The Labute approximate surface area is 78.9 Å². The highest BCUT2D eigenvalue weighted by molar-refractivity contribution is 9.09. The molecule has 0 aromatic carbocycles. The van der Waals surface area contributed by atoms with E-state index in [1.807, 2.05) is 0 Å². The molecule has 1 aliphatic carbocycles. The van der Waals surface area contributed by atoms with Crippen LogP contribution in [0.1, 0.15) is 46.0 Å². The van der Waals surface area contributed by atoms with E-state index in [1.54, 1.807) is 0 Å². The Kier molecular flexibility index (Phi) is 3.91. The summed E-state index contributed by atoms with van der Waals surface area (Å²) in [6, 6.07) is 0. The van der Waals surface area contributed by atoms with Crippen LogP contribution in [-0.4, -0.2) is 4.83 Å². The van der Waals surface area contributed by atoms with Crippen LogP contribution in [0.2, 0.25) is 0 Å². The van der Waals surface area contributed by atoms with E-state index in [0.29, 0.717) is 0 Å².